The van der Waals surface area contributed by atoms with E-state index in [1.54, 1.807) is 33.8 Å². The molecular weight excluding hydrogens is 378 g/mol. The molecule has 2 amide bonds. The minimum atomic E-state index is -0.545. The van der Waals surface area contributed by atoms with Crippen LogP contribution < -0.4 is 5.73 Å². The molecule has 1 aromatic heterocycles. The summed E-state index contributed by atoms with van der Waals surface area (Å²) < 4.78 is 1.78. The molecule has 150 valence electrons. The van der Waals surface area contributed by atoms with Crippen molar-refractivity contribution in [1.82, 2.24) is 14.7 Å². The van der Waals surface area contributed by atoms with Crippen LogP contribution in [0.4, 0.5) is 5.69 Å². The summed E-state index contributed by atoms with van der Waals surface area (Å²) in [4.78, 5) is 30.2. The Morgan fingerprint density at radius 1 is 1.17 bits per heavy atom. The number of nitrogens with zero attached hydrogens (tertiary/aromatic N) is 4. The summed E-state index contributed by atoms with van der Waals surface area (Å²) in [6.07, 6.45) is 0.239. The molecule has 7 nitrogen and oxygen atoms in total. The zero-order chi connectivity index (χ0) is 21.3. The topological polar surface area (TPSA) is 85.6 Å². The van der Waals surface area contributed by atoms with Gasteiger partial charge in [-0.05, 0) is 18.6 Å². The molecule has 0 saturated heterocycles. The molecule has 1 aliphatic heterocycles. The SMILES string of the molecule is [C-]#[N+]c1ccc(CC(=O)N2CCn3nc(-c4cccc(C)c4)c(C(N)=O)c3C2)cc1. The maximum atomic E-state index is 12.9. The van der Waals surface area contributed by atoms with E-state index in [2.05, 4.69) is 9.94 Å². The van der Waals surface area contributed by atoms with Gasteiger partial charge in [0, 0.05) is 12.1 Å². The van der Waals surface area contributed by atoms with Crippen molar-refractivity contribution < 1.29 is 9.59 Å². The number of carbonyl (C=O) groups is 2. The molecule has 0 bridgehead atoms. The van der Waals surface area contributed by atoms with E-state index in [1.807, 2.05) is 31.2 Å². The van der Waals surface area contributed by atoms with E-state index in [0.29, 0.717) is 35.7 Å². The van der Waals surface area contributed by atoms with Gasteiger partial charge in [-0.3, -0.25) is 14.3 Å². The molecule has 30 heavy (non-hydrogen) atoms. The summed E-state index contributed by atoms with van der Waals surface area (Å²) in [7, 11) is 0. The highest BCUT2D eigenvalue weighted by Gasteiger charge is 2.29. The average Bonchev–Trinajstić information content (AvgIpc) is 3.13. The minimum absolute atomic E-state index is 0.0365. The lowest BCUT2D eigenvalue weighted by atomic mass is 10.0. The third kappa shape index (κ3) is 3.67. The third-order valence-corrected chi connectivity index (χ3v) is 5.29. The fourth-order valence-corrected chi connectivity index (χ4v) is 3.76. The van der Waals surface area contributed by atoms with Gasteiger partial charge in [-0.1, -0.05) is 48.0 Å². The van der Waals surface area contributed by atoms with Crippen LogP contribution in [0, 0.1) is 13.5 Å². The van der Waals surface area contributed by atoms with Gasteiger partial charge in [0.15, 0.2) is 5.69 Å². The largest absolute Gasteiger partial charge is 0.365 e. The zero-order valence-corrected chi connectivity index (χ0v) is 16.6. The van der Waals surface area contributed by atoms with Gasteiger partial charge in [-0.2, -0.15) is 5.10 Å². The van der Waals surface area contributed by atoms with Gasteiger partial charge in [0.1, 0.15) is 5.69 Å². The molecule has 2 heterocycles. The first-order chi connectivity index (χ1) is 14.5. The zero-order valence-electron chi connectivity index (χ0n) is 16.6. The van der Waals surface area contributed by atoms with Crippen LogP contribution in [0.1, 0.15) is 27.2 Å². The molecule has 7 heteroatoms. The molecule has 0 aliphatic carbocycles. The monoisotopic (exact) mass is 399 g/mol. The van der Waals surface area contributed by atoms with Gasteiger partial charge in [0.2, 0.25) is 5.91 Å². The Kier molecular flexibility index (Phi) is 5.07. The van der Waals surface area contributed by atoms with Crippen LogP contribution in [0.15, 0.2) is 48.5 Å². The molecule has 0 spiro atoms. The standard InChI is InChI=1S/C23H21N5O2/c1-15-4-3-5-17(12-15)22-21(23(24)30)19-14-27(10-11-28(19)26-22)20(29)13-16-6-8-18(25-2)9-7-16/h3-9,12H,10-11,13-14H2,1H3,(H2,24,30). The van der Waals surface area contributed by atoms with Crippen molar-refractivity contribution in [2.45, 2.75) is 26.4 Å². The Bertz CT molecular complexity index is 1170. The van der Waals surface area contributed by atoms with E-state index in [0.717, 1.165) is 16.7 Å². The lowest BCUT2D eigenvalue weighted by Crippen LogP contribution is -2.40. The number of hydrogen-bond acceptors (Lipinski definition) is 3. The molecule has 2 aromatic carbocycles. The highest BCUT2D eigenvalue weighted by atomic mass is 16.2. The van der Waals surface area contributed by atoms with Gasteiger partial charge in [0.25, 0.3) is 5.91 Å². The first-order valence-electron chi connectivity index (χ1n) is 9.67. The highest BCUT2D eigenvalue weighted by Crippen LogP contribution is 2.29. The van der Waals surface area contributed by atoms with Crippen molar-refractivity contribution in [3.8, 4) is 11.3 Å². The summed E-state index contributed by atoms with van der Waals surface area (Å²) in [5.74, 6) is -0.581. The number of benzene rings is 2. The number of primary amides is 1. The highest BCUT2D eigenvalue weighted by molar-refractivity contribution is 6.00. The van der Waals surface area contributed by atoms with Crippen molar-refractivity contribution >= 4 is 17.5 Å². The fourth-order valence-electron chi connectivity index (χ4n) is 3.76. The predicted octanol–water partition coefficient (Wildman–Crippen LogP) is 3.09. The summed E-state index contributed by atoms with van der Waals surface area (Å²) in [5.41, 5.74) is 10.6. The number of fused-ring (bicyclic) bond motifs is 1. The first-order valence-corrected chi connectivity index (χ1v) is 9.67. The molecule has 4 rings (SSSR count). The van der Waals surface area contributed by atoms with E-state index < -0.39 is 5.91 Å². The molecule has 0 unspecified atom stereocenters. The van der Waals surface area contributed by atoms with Gasteiger partial charge >= 0.3 is 0 Å². The third-order valence-electron chi connectivity index (χ3n) is 5.29. The second-order valence-corrected chi connectivity index (χ2v) is 7.40. The van der Waals surface area contributed by atoms with Gasteiger partial charge in [-0.25, -0.2) is 4.85 Å². The first kappa shape index (κ1) is 19.4. The molecule has 0 radical (unpaired) electrons. The quantitative estimate of drug-likeness (QED) is 0.684. The Morgan fingerprint density at radius 3 is 2.60 bits per heavy atom. The predicted molar refractivity (Wildman–Crippen MR) is 113 cm³/mol. The number of hydrogen-bond donors (Lipinski definition) is 1. The van der Waals surface area contributed by atoms with Crippen molar-refractivity contribution in [2.75, 3.05) is 6.54 Å². The van der Waals surface area contributed by atoms with Crippen LogP contribution in [-0.2, 0) is 24.3 Å². The van der Waals surface area contributed by atoms with E-state index >= 15 is 0 Å². The molecule has 0 saturated carbocycles. The summed E-state index contributed by atoms with van der Waals surface area (Å²) in [5, 5.41) is 4.63. The maximum absolute atomic E-state index is 12.9. The van der Waals surface area contributed by atoms with Gasteiger partial charge in [0.05, 0.1) is 37.3 Å². The Hall–Kier alpha value is -3.92. The number of nitrogens with two attached hydrogens (primary N) is 1. The minimum Gasteiger partial charge on any atom is -0.365 e. The number of amides is 2. The second-order valence-electron chi connectivity index (χ2n) is 7.40. The van der Waals surface area contributed by atoms with E-state index in [-0.39, 0.29) is 18.9 Å². The van der Waals surface area contributed by atoms with Crippen molar-refractivity contribution in [3.05, 3.63) is 82.3 Å². The van der Waals surface area contributed by atoms with Crippen LogP contribution >= 0.6 is 0 Å². The number of aryl methyl sites for hydroxylation is 1. The average molecular weight is 399 g/mol. The van der Waals surface area contributed by atoms with Crippen molar-refractivity contribution in [3.63, 3.8) is 0 Å². The summed E-state index contributed by atoms with van der Waals surface area (Å²) >= 11 is 0. The van der Waals surface area contributed by atoms with Crippen LogP contribution in [-0.4, -0.2) is 33.0 Å². The number of aromatic nitrogens is 2. The fraction of sp³-hybridized carbons (Fsp3) is 0.217. The van der Waals surface area contributed by atoms with Gasteiger partial charge in [-0.15, -0.1) is 0 Å². The van der Waals surface area contributed by atoms with E-state index in [1.165, 1.54) is 0 Å². The lowest BCUT2D eigenvalue weighted by Gasteiger charge is -2.28. The Morgan fingerprint density at radius 2 is 1.93 bits per heavy atom. The Balaban J connectivity index is 1.60. The van der Waals surface area contributed by atoms with Crippen molar-refractivity contribution in [1.29, 1.82) is 0 Å². The van der Waals surface area contributed by atoms with Crippen LogP contribution in [0.3, 0.4) is 0 Å². The maximum Gasteiger partial charge on any atom is 0.252 e. The van der Waals surface area contributed by atoms with Crippen molar-refractivity contribution in [2.24, 2.45) is 5.73 Å². The van der Waals surface area contributed by atoms with Crippen LogP contribution in [0.2, 0.25) is 0 Å². The smallest absolute Gasteiger partial charge is 0.252 e. The van der Waals surface area contributed by atoms with Crippen LogP contribution in [0.25, 0.3) is 16.1 Å². The summed E-state index contributed by atoms with van der Waals surface area (Å²) in [6, 6.07) is 14.8. The van der Waals surface area contributed by atoms with Gasteiger partial charge < -0.3 is 10.6 Å². The van der Waals surface area contributed by atoms with Crippen LogP contribution in [0.5, 0.6) is 0 Å². The number of rotatable bonds is 4. The van der Waals surface area contributed by atoms with E-state index in [4.69, 9.17) is 12.3 Å². The molecule has 0 fully saturated rings. The number of carbonyl (C=O) groups excluding carboxylic acids is 2. The lowest BCUT2D eigenvalue weighted by molar-refractivity contribution is -0.132. The molecule has 2 N–H and O–H groups in total. The molecule has 3 aromatic rings. The summed E-state index contributed by atoms with van der Waals surface area (Å²) in [6.45, 7) is 10.3. The Labute approximate surface area is 174 Å². The second kappa shape index (κ2) is 7.84. The molecular formula is C23H21N5O2. The normalized spacial score (nSPS) is 12.9. The van der Waals surface area contributed by atoms with E-state index in [9.17, 15) is 9.59 Å². The molecule has 0 atom stereocenters. The molecule has 1 aliphatic rings.